The molecule has 0 aliphatic carbocycles. The molecule has 2 aliphatic heterocycles. The molecule has 0 saturated carbocycles. The molecule has 1 aromatic rings. The van der Waals surface area contributed by atoms with Crippen LogP contribution in [0.3, 0.4) is 0 Å². The van der Waals surface area contributed by atoms with Crippen LogP contribution < -0.4 is 4.90 Å². The zero-order valence-electron chi connectivity index (χ0n) is 12.3. The molecule has 0 amide bonds. The van der Waals surface area contributed by atoms with Gasteiger partial charge in [-0.2, -0.15) is 0 Å². The average molecular weight is 258 g/mol. The summed E-state index contributed by atoms with van der Waals surface area (Å²) in [6.07, 6.45) is 4.03. The standard InChI is InChI=1S/C17H26N2/c1-14(2)19-12-9-16(13-19)15-5-7-17(8-6-15)18-10-3-4-11-18/h5-8,14,16H,3-4,9-13H2,1-2H3. The molecule has 3 rings (SSSR count). The van der Waals surface area contributed by atoms with Gasteiger partial charge in [0.15, 0.2) is 0 Å². The fraction of sp³-hybridized carbons (Fsp3) is 0.647. The molecule has 0 aromatic heterocycles. The molecule has 2 nitrogen and oxygen atoms in total. The van der Waals surface area contributed by atoms with Crippen molar-refractivity contribution in [1.29, 1.82) is 0 Å². The Hall–Kier alpha value is -1.02. The fourth-order valence-corrected chi connectivity index (χ4v) is 3.46. The topological polar surface area (TPSA) is 6.48 Å². The van der Waals surface area contributed by atoms with Gasteiger partial charge in [-0.1, -0.05) is 12.1 Å². The number of likely N-dealkylation sites (tertiary alicyclic amines) is 1. The van der Waals surface area contributed by atoms with Gasteiger partial charge in [-0.05, 0) is 63.3 Å². The molecule has 2 heteroatoms. The van der Waals surface area contributed by atoms with Crippen molar-refractivity contribution in [3.63, 3.8) is 0 Å². The van der Waals surface area contributed by atoms with E-state index in [1.54, 1.807) is 0 Å². The summed E-state index contributed by atoms with van der Waals surface area (Å²) >= 11 is 0. The molecule has 0 bridgehead atoms. The minimum absolute atomic E-state index is 0.689. The van der Waals surface area contributed by atoms with Gasteiger partial charge in [0.2, 0.25) is 0 Å². The summed E-state index contributed by atoms with van der Waals surface area (Å²) in [7, 11) is 0. The average Bonchev–Trinajstić information content (AvgIpc) is 3.11. The number of nitrogens with zero attached hydrogens (tertiary/aromatic N) is 2. The Morgan fingerprint density at radius 3 is 2.26 bits per heavy atom. The highest BCUT2D eigenvalue weighted by atomic mass is 15.2. The molecule has 2 fully saturated rings. The van der Waals surface area contributed by atoms with Gasteiger partial charge < -0.3 is 9.80 Å². The highest BCUT2D eigenvalue weighted by molar-refractivity contribution is 5.48. The van der Waals surface area contributed by atoms with E-state index in [2.05, 4.69) is 47.9 Å². The van der Waals surface area contributed by atoms with Gasteiger partial charge in [0.1, 0.15) is 0 Å². The Bertz CT molecular complexity index is 404. The minimum Gasteiger partial charge on any atom is -0.372 e. The van der Waals surface area contributed by atoms with Crippen LogP contribution in [0.4, 0.5) is 5.69 Å². The van der Waals surface area contributed by atoms with E-state index in [0.29, 0.717) is 6.04 Å². The van der Waals surface area contributed by atoms with Gasteiger partial charge >= 0.3 is 0 Å². The summed E-state index contributed by atoms with van der Waals surface area (Å²) in [6.45, 7) is 9.59. The summed E-state index contributed by atoms with van der Waals surface area (Å²) < 4.78 is 0. The maximum atomic E-state index is 2.60. The molecule has 0 N–H and O–H groups in total. The van der Waals surface area contributed by atoms with Crippen molar-refractivity contribution < 1.29 is 0 Å². The van der Waals surface area contributed by atoms with Crippen LogP contribution in [0.2, 0.25) is 0 Å². The number of anilines is 1. The van der Waals surface area contributed by atoms with Crippen LogP contribution in [0.1, 0.15) is 44.6 Å². The molecule has 0 spiro atoms. The van der Waals surface area contributed by atoms with E-state index in [9.17, 15) is 0 Å². The zero-order valence-corrected chi connectivity index (χ0v) is 12.3. The molecular formula is C17H26N2. The lowest BCUT2D eigenvalue weighted by Gasteiger charge is -2.21. The lowest BCUT2D eigenvalue weighted by atomic mass is 9.98. The molecule has 2 aliphatic rings. The van der Waals surface area contributed by atoms with Crippen LogP contribution in [0.25, 0.3) is 0 Å². The van der Waals surface area contributed by atoms with Crippen LogP contribution in [0.5, 0.6) is 0 Å². The third-order valence-corrected chi connectivity index (χ3v) is 4.79. The Morgan fingerprint density at radius 2 is 1.68 bits per heavy atom. The van der Waals surface area contributed by atoms with Crippen molar-refractivity contribution in [2.24, 2.45) is 0 Å². The molecule has 2 saturated heterocycles. The highest BCUT2D eigenvalue weighted by Crippen LogP contribution is 2.30. The van der Waals surface area contributed by atoms with E-state index in [-0.39, 0.29) is 0 Å². The van der Waals surface area contributed by atoms with Crippen LogP contribution in [0.15, 0.2) is 24.3 Å². The summed E-state index contributed by atoms with van der Waals surface area (Å²) in [5, 5.41) is 0. The summed E-state index contributed by atoms with van der Waals surface area (Å²) in [6, 6.07) is 10.1. The van der Waals surface area contributed by atoms with Gasteiger partial charge in [0, 0.05) is 31.4 Å². The lowest BCUT2D eigenvalue weighted by Crippen LogP contribution is -2.27. The first-order valence-electron chi connectivity index (χ1n) is 7.83. The van der Waals surface area contributed by atoms with Crippen molar-refractivity contribution in [3.8, 4) is 0 Å². The molecule has 104 valence electrons. The molecule has 2 heterocycles. The van der Waals surface area contributed by atoms with E-state index >= 15 is 0 Å². The largest absolute Gasteiger partial charge is 0.372 e. The SMILES string of the molecule is CC(C)N1CCC(c2ccc(N3CCCC3)cc2)C1. The van der Waals surface area contributed by atoms with Crippen molar-refractivity contribution in [1.82, 2.24) is 4.90 Å². The van der Waals surface area contributed by atoms with Gasteiger partial charge in [0.05, 0.1) is 0 Å². The van der Waals surface area contributed by atoms with Gasteiger partial charge in [0.25, 0.3) is 0 Å². The lowest BCUT2D eigenvalue weighted by molar-refractivity contribution is 0.272. The third kappa shape index (κ3) is 2.79. The highest BCUT2D eigenvalue weighted by Gasteiger charge is 2.25. The van der Waals surface area contributed by atoms with Crippen molar-refractivity contribution in [3.05, 3.63) is 29.8 Å². The predicted octanol–water partition coefficient (Wildman–Crippen LogP) is 3.48. The molecule has 19 heavy (non-hydrogen) atoms. The van der Waals surface area contributed by atoms with Crippen molar-refractivity contribution >= 4 is 5.69 Å². The van der Waals surface area contributed by atoms with Gasteiger partial charge in [-0.25, -0.2) is 0 Å². The Labute approximate surface area is 117 Å². The molecular weight excluding hydrogens is 232 g/mol. The fourth-order valence-electron chi connectivity index (χ4n) is 3.46. The van der Waals surface area contributed by atoms with E-state index in [1.165, 1.54) is 56.7 Å². The van der Waals surface area contributed by atoms with Crippen molar-refractivity contribution in [2.45, 2.75) is 45.1 Å². The third-order valence-electron chi connectivity index (χ3n) is 4.79. The first kappa shape index (κ1) is 13.0. The molecule has 1 atom stereocenters. The maximum absolute atomic E-state index is 2.60. The second kappa shape index (κ2) is 5.54. The second-order valence-electron chi connectivity index (χ2n) is 6.36. The zero-order chi connectivity index (χ0) is 13.2. The summed E-state index contributed by atoms with van der Waals surface area (Å²) in [4.78, 5) is 5.11. The number of benzene rings is 1. The van der Waals surface area contributed by atoms with E-state index < -0.39 is 0 Å². The van der Waals surface area contributed by atoms with Gasteiger partial charge in [-0.15, -0.1) is 0 Å². The number of hydrogen-bond donors (Lipinski definition) is 0. The molecule has 1 aromatic carbocycles. The van der Waals surface area contributed by atoms with E-state index in [4.69, 9.17) is 0 Å². The van der Waals surface area contributed by atoms with Crippen molar-refractivity contribution in [2.75, 3.05) is 31.1 Å². The van der Waals surface area contributed by atoms with Crippen LogP contribution in [0, 0.1) is 0 Å². The monoisotopic (exact) mass is 258 g/mol. The number of rotatable bonds is 3. The van der Waals surface area contributed by atoms with Crippen LogP contribution in [-0.2, 0) is 0 Å². The van der Waals surface area contributed by atoms with E-state index in [0.717, 1.165) is 5.92 Å². The predicted molar refractivity (Wildman–Crippen MR) is 82.0 cm³/mol. The normalized spacial score (nSPS) is 24.6. The molecule has 0 radical (unpaired) electrons. The van der Waals surface area contributed by atoms with Gasteiger partial charge in [-0.3, -0.25) is 0 Å². The first-order chi connectivity index (χ1) is 9.24. The summed E-state index contributed by atoms with van der Waals surface area (Å²) in [5.41, 5.74) is 2.95. The second-order valence-corrected chi connectivity index (χ2v) is 6.36. The van der Waals surface area contributed by atoms with E-state index in [1.807, 2.05) is 0 Å². The Morgan fingerprint density at radius 1 is 1.00 bits per heavy atom. The smallest absolute Gasteiger partial charge is 0.0366 e. The quantitative estimate of drug-likeness (QED) is 0.819. The maximum Gasteiger partial charge on any atom is 0.0366 e. The Kier molecular flexibility index (Phi) is 3.79. The Balaban J connectivity index is 1.66. The minimum atomic E-state index is 0.689. The summed E-state index contributed by atoms with van der Waals surface area (Å²) in [5.74, 6) is 0.745. The number of hydrogen-bond acceptors (Lipinski definition) is 2. The van der Waals surface area contributed by atoms with Crippen LogP contribution in [-0.4, -0.2) is 37.1 Å². The van der Waals surface area contributed by atoms with Crippen LogP contribution >= 0.6 is 0 Å². The first-order valence-corrected chi connectivity index (χ1v) is 7.83. The molecule has 1 unspecified atom stereocenters.